The van der Waals surface area contributed by atoms with E-state index in [-0.39, 0.29) is 5.82 Å². The van der Waals surface area contributed by atoms with Gasteiger partial charge >= 0.3 is 0 Å². The van der Waals surface area contributed by atoms with Crippen molar-refractivity contribution in [2.75, 3.05) is 0 Å². The Morgan fingerprint density at radius 3 is 0.629 bits per heavy atom. The first kappa shape index (κ1) is 77.9. The highest BCUT2D eigenvalue weighted by Gasteiger charge is 2.28. The van der Waals surface area contributed by atoms with Gasteiger partial charge < -0.3 is 9.13 Å². The van der Waals surface area contributed by atoms with Crippen molar-refractivity contribution in [3.05, 3.63) is 418 Å². The molecule has 0 saturated heterocycles. The maximum absolute atomic E-state index is 11.3. The van der Waals surface area contributed by atoms with E-state index in [1.807, 2.05) is 328 Å². The zero-order valence-electron chi connectivity index (χ0n) is 70.2. The van der Waals surface area contributed by atoms with Crippen LogP contribution in [0.4, 0.5) is 0 Å². The first-order valence-electron chi connectivity index (χ1n) is 42.9. The molecule has 23 rings (SSSR count). The summed E-state index contributed by atoms with van der Waals surface area (Å²) in [7, 11) is 0. The standard InChI is InChI=1S/C113H67N19/c114-68-70-46-49-72(50-47-70)82-51-56-87(98(67-82)132-95-60-54-85(110-124-103(77-36-18-5-19-37-77)118-104(125-110)78-38-20-6-21-39-78)65-90(95)91-66-86(55-61-96(91)132)111-126-105(79-40-22-7-23-41-79)119-106(127-111)80-42-24-8-25-43-80)112-128-107(81-44-26-9-27-45-81)129-113(130-112)92-62-71(69-115)48-57-97(92)131-93-58-52-83(108-120-99(73-28-10-1-11-29-73)116-100(121-108)74-30-12-2-13-31-74)63-88(93)89-64-84(53-59-94(89)131)109-122-101(75-32-14-3-15-33-75)117-102(123-109)76-34-16-4-17-35-76/h1-67H. The molecule has 0 saturated carbocycles. The van der Waals surface area contributed by atoms with Crippen molar-refractivity contribution >= 4 is 43.6 Å². The largest absolute Gasteiger partial charge is 0.308 e. The molecule has 19 heteroatoms. The Kier molecular flexibility index (Phi) is 19.8. The Labute approximate surface area is 756 Å². The van der Waals surface area contributed by atoms with Crippen LogP contribution >= 0.6 is 0 Å². The highest BCUT2D eigenvalue weighted by atomic mass is 15.1. The monoisotopic (exact) mass is 1690 g/mol. The third-order valence-electron chi connectivity index (χ3n) is 23.5. The Balaban J connectivity index is 0.761. The van der Waals surface area contributed by atoms with Crippen LogP contribution < -0.4 is 0 Å². The van der Waals surface area contributed by atoms with Gasteiger partial charge in [-0.2, -0.15) is 10.5 Å². The lowest BCUT2D eigenvalue weighted by molar-refractivity contribution is 1.06. The van der Waals surface area contributed by atoms with Crippen LogP contribution in [0.3, 0.4) is 0 Å². The van der Waals surface area contributed by atoms with E-state index < -0.39 is 0 Å². The fraction of sp³-hybridized carbons (Fsp3) is 0. The van der Waals surface area contributed by atoms with Gasteiger partial charge in [-0.3, -0.25) is 0 Å². The molecule has 132 heavy (non-hydrogen) atoms. The Morgan fingerprint density at radius 2 is 0.364 bits per heavy atom. The molecule has 614 valence electrons. The summed E-state index contributed by atoms with van der Waals surface area (Å²) in [6, 6.07) is 139. The SMILES string of the molecule is N#Cc1ccc(-c2ccc(-c3nc(-c4ccccc4)nc(-c4cc(C#N)ccc4-n4c5ccc(-c6nc(-c7ccccc7)nc(-c7ccccc7)n6)cc5c5cc(-c6nc(-c7ccccc7)nc(-c7ccccc7)n6)ccc54)n3)c(-n3c4ccc(-c5nc(-c6ccccc6)nc(-c6ccccc6)n5)cc4c4cc(-c5nc(-c6ccccc6)nc(-c6ccccc6)n5)ccc43)c2)cc1. The van der Waals surface area contributed by atoms with Crippen LogP contribution in [0.2, 0.25) is 0 Å². The molecule has 19 nitrogen and oxygen atoms in total. The average Bonchev–Trinajstić information content (AvgIpc) is 1.57. The third-order valence-corrected chi connectivity index (χ3v) is 23.5. The molecule has 7 heterocycles. The van der Waals surface area contributed by atoms with Gasteiger partial charge in [0, 0.05) is 105 Å². The fourth-order valence-corrected chi connectivity index (χ4v) is 17.0. The van der Waals surface area contributed by atoms with Gasteiger partial charge in [-0.1, -0.05) is 291 Å². The van der Waals surface area contributed by atoms with E-state index in [0.717, 1.165) is 122 Å². The van der Waals surface area contributed by atoms with Gasteiger partial charge in [0.25, 0.3) is 0 Å². The smallest absolute Gasteiger partial charge is 0.166 e. The molecule has 0 unspecified atom stereocenters. The van der Waals surface area contributed by atoms with Crippen molar-refractivity contribution < 1.29 is 0 Å². The van der Waals surface area contributed by atoms with Crippen molar-refractivity contribution in [1.82, 2.24) is 83.9 Å². The van der Waals surface area contributed by atoms with E-state index in [1.54, 1.807) is 0 Å². The molecule has 0 aliphatic carbocycles. The average molecular weight is 1690 g/mol. The van der Waals surface area contributed by atoms with E-state index in [4.69, 9.17) is 74.8 Å². The van der Waals surface area contributed by atoms with E-state index in [2.05, 4.69) is 100 Å². The van der Waals surface area contributed by atoms with Crippen LogP contribution in [-0.2, 0) is 0 Å². The van der Waals surface area contributed by atoms with Gasteiger partial charge in [-0.05, 0) is 126 Å². The molecule has 0 N–H and O–H groups in total. The molecule has 0 aliphatic rings. The molecular weight excluding hydrogens is 1620 g/mol. The van der Waals surface area contributed by atoms with E-state index in [0.29, 0.717) is 121 Å². The molecular formula is C113H67N19. The van der Waals surface area contributed by atoms with Crippen LogP contribution in [0.1, 0.15) is 11.1 Å². The summed E-state index contributed by atoms with van der Waals surface area (Å²) in [6.45, 7) is 0. The minimum absolute atomic E-state index is 0.274. The van der Waals surface area contributed by atoms with Crippen molar-refractivity contribution in [2.45, 2.75) is 0 Å². The first-order valence-corrected chi connectivity index (χ1v) is 42.9. The summed E-state index contributed by atoms with van der Waals surface area (Å²) in [5.41, 5.74) is 18.6. The molecule has 7 aromatic heterocycles. The third kappa shape index (κ3) is 14.9. The first-order chi connectivity index (χ1) is 65.3. The summed E-state index contributed by atoms with van der Waals surface area (Å²) in [5, 5.41) is 24.8. The summed E-state index contributed by atoms with van der Waals surface area (Å²) >= 11 is 0. The number of fused-ring (bicyclic) bond motifs is 6. The fourth-order valence-electron chi connectivity index (χ4n) is 17.0. The topological polar surface area (TPSA) is 251 Å². The number of nitriles is 2. The maximum atomic E-state index is 11.3. The van der Waals surface area contributed by atoms with E-state index in [1.165, 1.54) is 0 Å². The van der Waals surface area contributed by atoms with Crippen molar-refractivity contribution in [3.63, 3.8) is 0 Å². The van der Waals surface area contributed by atoms with Gasteiger partial charge in [-0.25, -0.2) is 74.8 Å². The van der Waals surface area contributed by atoms with Crippen LogP contribution in [0, 0.1) is 22.7 Å². The molecule has 16 aromatic carbocycles. The minimum Gasteiger partial charge on any atom is -0.308 e. The highest BCUT2D eigenvalue weighted by molar-refractivity contribution is 6.14. The highest BCUT2D eigenvalue weighted by Crippen LogP contribution is 2.45. The number of rotatable bonds is 18. The maximum Gasteiger partial charge on any atom is 0.166 e. The minimum atomic E-state index is 0.274. The molecule has 0 radical (unpaired) electrons. The number of nitrogens with zero attached hydrogens (tertiary/aromatic N) is 19. The van der Waals surface area contributed by atoms with Crippen molar-refractivity contribution in [1.29, 1.82) is 10.5 Å². The number of hydrogen-bond donors (Lipinski definition) is 0. The Hall–Kier alpha value is -18.9. The Bertz CT molecular complexity index is 7900. The molecule has 0 aliphatic heterocycles. The molecule has 0 bridgehead atoms. The number of hydrogen-bond acceptors (Lipinski definition) is 17. The van der Waals surface area contributed by atoms with E-state index >= 15 is 0 Å². The van der Waals surface area contributed by atoms with Crippen LogP contribution in [0.5, 0.6) is 0 Å². The van der Waals surface area contributed by atoms with Gasteiger partial charge in [-0.15, -0.1) is 0 Å². The predicted octanol–water partition coefficient (Wildman–Crippen LogP) is 25.2. The molecule has 0 spiro atoms. The van der Waals surface area contributed by atoms with Crippen molar-refractivity contribution in [3.8, 4) is 205 Å². The lowest BCUT2D eigenvalue weighted by Gasteiger charge is -2.18. The zero-order valence-corrected chi connectivity index (χ0v) is 70.2. The normalized spacial score (nSPS) is 11.3. The molecule has 0 atom stereocenters. The van der Waals surface area contributed by atoms with Crippen LogP contribution in [0.15, 0.2) is 406 Å². The van der Waals surface area contributed by atoms with Gasteiger partial charge in [0.05, 0.1) is 56.7 Å². The Morgan fingerprint density at radius 1 is 0.152 bits per heavy atom. The molecule has 23 aromatic rings. The van der Waals surface area contributed by atoms with Gasteiger partial charge in [0.15, 0.2) is 87.4 Å². The zero-order chi connectivity index (χ0) is 88.0. The van der Waals surface area contributed by atoms with Crippen LogP contribution in [0.25, 0.3) is 237 Å². The second-order valence-electron chi connectivity index (χ2n) is 31.7. The summed E-state index contributed by atoms with van der Waals surface area (Å²) in [4.78, 5) is 79.4. The predicted molar refractivity (Wildman–Crippen MR) is 518 cm³/mol. The second kappa shape index (κ2) is 33.6. The number of benzene rings is 16. The molecule has 0 fully saturated rings. The second-order valence-corrected chi connectivity index (χ2v) is 31.7. The van der Waals surface area contributed by atoms with E-state index in [9.17, 15) is 10.5 Å². The van der Waals surface area contributed by atoms with Gasteiger partial charge in [0.1, 0.15) is 0 Å². The van der Waals surface area contributed by atoms with Gasteiger partial charge in [0.2, 0.25) is 0 Å². The van der Waals surface area contributed by atoms with Crippen molar-refractivity contribution in [2.24, 2.45) is 0 Å². The summed E-state index contributed by atoms with van der Waals surface area (Å²) < 4.78 is 4.47. The molecule has 0 amide bonds. The lowest BCUT2D eigenvalue weighted by atomic mass is 10.00. The lowest BCUT2D eigenvalue weighted by Crippen LogP contribution is -2.06. The summed E-state index contributed by atoms with van der Waals surface area (Å²) in [5.74, 6) is 6.97. The quantitative estimate of drug-likeness (QED) is 0.0774. The summed E-state index contributed by atoms with van der Waals surface area (Å²) in [6.07, 6.45) is 0. The number of aromatic nitrogens is 17. The van der Waals surface area contributed by atoms with Crippen LogP contribution in [-0.4, -0.2) is 83.9 Å².